The predicted molar refractivity (Wildman–Crippen MR) is 82.8 cm³/mol. The van der Waals surface area contributed by atoms with Crippen LogP contribution < -0.4 is 0 Å². The summed E-state index contributed by atoms with van der Waals surface area (Å²) in [5.41, 5.74) is 2.03. The maximum absolute atomic E-state index is 11.2. The normalized spacial score (nSPS) is 18.1. The van der Waals surface area contributed by atoms with E-state index in [1.807, 2.05) is 36.1 Å². The van der Waals surface area contributed by atoms with E-state index < -0.39 is 12.0 Å². The second kappa shape index (κ2) is 6.89. The van der Waals surface area contributed by atoms with Crippen molar-refractivity contribution in [2.75, 3.05) is 6.54 Å². The monoisotopic (exact) mass is 323 g/mol. The highest BCUT2D eigenvalue weighted by Gasteiger charge is 2.31. The molecule has 1 N–H and O–H groups in total. The fourth-order valence-corrected chi connectivity index (χ4v) is 2.69. The Balaban J connectivity index is 0.00000176. The van der Waals surface area contributed by atoms with Gasteiger partial charge in [-0.3, -0.25) is 9.69 Å². The van der Waals surface area contributed by atoms with Gasteiger partial charge >= 0.3 is 5.97 Å². The summed E-state index contributed by atoms with van der Waals surface area (Å²) in [4.78, 5) is 17.4. The van der Waals surface area contributed by atoms with Gasteiger partial charge in [-0.25, -0.2) is 0 Å². The van der Waals surface area contributed by atoms with Gasteiger partial charge < -0.3 is 9.63 Å². The number of likely N-dealkylation sites (tertiary alicyclic amines) is 1. The zero-order valence-corrected chi connectivity index (χ0v) is 13.0. The topological polar surface area (TPSA) is 79.5 Å². The molecule has 7 heteroatoms. The maximum atomic E-state index is 11.2. The lowest BCUT2D eigenvalue weighted by Crippen LogP contribution is -2.35. The zero-order valence-electron chi connectivity index (χ0n) is 12.2. The molecular formula is C15H18ClN3O3. The Morgan fingerprint density at radius 2 is 2.32 bits per heavy atom. The molecule has 1 aliphatic rings. The van der Waals surface area contributed by atoms with Crippen molar-refractivity contribution < 1.29 is 14.4 Å². The maximum Gasteiger partial charge on any atom is 0.320 e. The third-order valence-electron chi connectivity index (χ3n) is 3.73. The highest BCUT2D eigenvalue weighted by Crippen LogP contribution is 2.21. The first kappa shape index (κ1) is 16.5. The van der Waals surface area contributed by atoms with Crippen molar-refractivity contribution in [3.05, 3.63) is 35.7 Å². The van der Waals surface area contributed by atoms with Crippen LogP contribution in [-0.4, -0.2) is 38.7 Å². The number of nitrogens with zero attached hydrogens (tertiary/aromatic N) is 3. The molecule has 1 aromatic heterocycles. The van der Waals surface area contributed by atoms with Crippen LogP contribution in [0.25, 0.3) is 11.4 Å². The average Bonchev–Trinajstić information content (AvgIpc) is 3.08. The number of benzene rings is 1. The Bertz CT molecular complexity index is 659. The second-order valence-electron chi connectivity index (χ2n) is 5.35. The Morgan fingerprint density at radius 3 is 3.05 bits per heavy atom. The first-order chi connectivity index (χ1) is 10.1. The molecule has 1 saturated heterocycles. The van der Waals surface area contributed by atoms with E-state index in [9.17, 15) is 4.79 Å². The van der Waals surface area contributed by atoms with Crippen LogP contribution in [0.4, 0.5) is 0 Å². The number of halogens is 1. The Hall–Kier alpha value is -1.92. The molecule has 1 unspecified atom stereocenters. The molecule has 0 saturated carbocycles. The van der Waals surface area contributed by atoms with Gasteiger partial charge in [-0.15, -0.1) is 12.4 Å². The summed E-state index contributed by atoms with van der Waals surface area (Å²) in [7, 11) is 0. The van der Waals surface area contributed by atoms with Gasteiger partial charge in [0.05, 0.1) is 6.54 Å². The summed E-state index contributed by atoms with van der Waals surface area (Å²) in [6.45, 7) is 3.14. The van der Waals surface area contributed by atoms with Crippen LogP contribution in [0.2, 0.25) is 0 Å². The second-order valence-corrected chi connectivity index (χ2v) is 5.35. The fourth-order valence-electron chi connectivity index (χ4n) is 2.69. The highest BCUT2D eigenvalue weighted by atomic mass is 35.5. The molecule has 0 radical (unpaired) electrons. The molecule has 2 heterocycles. The van der Waals surface area contributed by atoms with Crippen LogP contribution >= 0.6 is 12.4 Å². The molecule has 2 aromatic rings. The number of carbonyl (C=O) groups is 1. The van der Waals surface area contributed by atoms with Crippen molar-refractivity contribution in [2.45, 2.75) is 32.4 Å². The molecular weight excluding hydrogens is 306 g/mol. The fraction of sp³-hybridized carbons (Fsp3) is 0.400. The SMILES string of the molecule is Cc1cccc(-c2noc(CN3CCCC3C(=O)O)n2)c1.Cl. The number of rotatable bonds is 4. The molecule has 0 bridgehead atoms. The van der Waals surface area contributed by atoms with Crippen LogP contribution in [0.1, 0.15) is 24.3 Å². The average molecular weight is 324 g/mol. The molecule has 118 valence electrons. The van der Waals surface area contributed by atoms with Crippen LogP contribution in [0, 0.1) is 6.92 Å². The van der Waals surface area contributed by atoms with Gasteiger partial charge in [0.2, 0.25) is 11.7 Å². The molecule has 1 atom stereocenters. The standard InChI is InChI=1S/C15H17N3O3.ClH/c1-10-4-2-5-11(8-10)14-16-13(21-17-14)9-18-7-3-6-12(18)15(19)20;/h2,4-5,8,12H,3,6-7,9H2,1H3,(H,19,20);1H. The van der Waals surface area contributed by atoms with Crippen LogP contribution in [0.15, 0.2) is 28.8 Å². The van der Waals surface area contributed by atoms with E-state index in [1.54, 1.807) is 0 Å². The van der Waals surface area contributed by atoms with Gasteiger partial charge in [0, 0.05) is 5.56 Å². The van der Waals surface area contributed by atoms with Gasteiger partial charge in [0.1, 0.15) is 6.04 Å². The Morgan fingerprint density at radius 1 is 1.50 bits per heavy atom. The van der Waals surface area contributed by atoms with Gasteiger partial charge in [0.15, 0.2) is 0 Å². The molecule has 0 spiro atoms. The minimum atomic E-state index is -0.786. The van der Waals surface area contributed by atoms with Crippen molar-refractivity contribution >= 4 is 18.4 Å². The summed E-state index contributed by atoms with van der Waals surface area (Å²) in [5, 5.41) is 13.1. The molecule has 0 aliphatic carbocycles. The summed E-state index contributed by atoms with van der Waals surface area (Å²) in [5.74, 6) is 0.213. The molecule has 22 heavy (non-hydrogen) atoms. The zero-order chi connectivity index (χ0) is 14.8. The van der Waals surface area contributed by atoms with Gasteiger partial charge in [-0.2, -0.15) is 4.98 Å². The summed E-state index contributed by atoms with van der Waals surface area (Å²) >= 11 is 0. The third-order valence-corrected chi connectivity index (χ3v) is 3.73. The molecule has 3 rings (SSSR count). The van der Waals surface area contributed by atoms with Gasteiger partial charge in [0.25, 0.3) is 0 Å². The molecule has 1 aliphatic heterocycles. The van der Waals surface area contributed by atoms with Crippen molar-refractivity contribution in [1.29, 1.82) is 0 Å². The van der Waals surface area contributed by atoms with Crippen molar-refractivity contribution in [3.8, 4) is 11.4 Å². The quantitative estimate of drug-likeness (QED) is 0.931. The minimum absolute atomic E-state index is 0. The largest absolute Gasteiger partial charge is 0.480 e. The van der Waals surface area contributed by atoms with E-state index >= 15 is 0 Å². The number of aryl methyl sites for hydroxylation is 1. The van der Waals surface area contributed by atoms with Crippen molar-refractivity contribution in [2.24, 2.45) is 0 Å². The van der Waals surface area contributed by atoms with E-state index in [-0.39, 0.29) is 12.4 Å². The smallest absolute Gasteiger partial charge is 0.320 e. The molecule has 1 fully saturated rings. The first-order valence-electron chi connectivity index (χ1n) is 7.00. The lowest BCUT2D eigenvalue weighted by molar-refractivity contribution is -0.142. The van der Waals surface area contributed by atoms with E-state index in [0.29, 0.717) is 24.7 Å². The lowest BCUT2D eigenvalue weighted by atomic mass is 10.1. The predicted octanol–water partition coefficient (Wildman–Crippen LogP) is 2.52. The van der Waals surface area contributed by atoms with E-state index in [2.05, 4.69) is 10.1 Å². The first-order valence-corrected chi connectivity index (χ1v) is 7.00. The molecule has 1 aromatic carbocycles. The highest BCUT2D eigenvalue weighted by molar-refractivity contribution is 5.85. The lowest BCUT2D eigenvalue weighted by Gasteiger charge is -2.18. The Labute approximate surface area is 134 Å². The molecule has 0 amide bonds. The van der Waals surface area contributed by atoms with E-state index in [4.69, 9.17) is 9.63 Å². The minimum Gasteiger partial charge on any atom is -0.480 e. The van der Waals surface area contributed by atoms with Crippen LogP contribution in [-0.2, 0) is 11.3 Å². The summed E-state index contributed by atoms with van der Waals surface area (Å²) in [6, 6.07) is 7.43. The number of hydrogen-bond donors (Lipinski definition) is 1. The van der Waals surface area contributed by atoms with Crippen molar-refractivity contribution in [3.63, 3.8) is 0 Å². The van der Waals surface area contributed by atoms with E-state index in [0.717, 1.165) is 24.1 Å². The van der Waals surface area contributed by atoms with Crippen LogP contribution in [0.5, 0.6) is 0 Å². The number of carboxylic acid groups (broad SMARTS) is 1. The van der Waals surface area contributed by atoms with Gasteiger partial charge in [-0.05, 0) is 32.4 Å². The number of aromatic nitrogens is 2. The number of aliphatic carboxylic acids is 1. The molecule has 6 nitrogen and oxygen atoms in total. The summed E-state index contributed by atoms with van der Waals surface area (Å²) in [6.07, 6.45) is 1.56. The van der Waals surface area contributed by atoms with Gasteiger partial charge in [-0.1, -0.05) is 28.9 Å². The van der Waals surface area contributed by atoms with E-state index in [1.165, 1.54) is 0 Å². The van der Waals surface area contributed by atoms with Crippen molar-refractivity contribution in [1.82, 2.24) is 15.0 Å². The third kappa shape index (κ3) is 3.45. The number of hydrogen-bond acceptors (Lipinski definition) is 5. The summed E-state index contributed by atoms with van der Waals surface area (Å²) < 4.78 is 5.25. The van der Waals surface area contributed by atoms with Crippen LogP contribution in [0.3, 0.4) is 0 Å². The Kier molecular flexibility index (Phi) is 5.15. The number of carboxylic acids is 1.